The molecule has 114 valence electrons. The van der Waals surface area contributed by atoms with Crippen LogP contribution in [0.3, 0.4) is 0 Å². The van der Waals surface area contributed by atoms with Crippen molar-refractivity contribution < 1.29 is 9.53 Å². The molecule has 5 heteroatoms. The minimum atomic E-state index is -0.250. The molecule has 1 amide bonds. The van der Waals surface area contributed by atoms with E-state index >= 15 is 0 Å². The summed E-state index contributed by atoms with van der Waals surface area (Å²) in [5.74, 6) is 0.902. The van der Waals surface area contributed by atoms with Crippen LogP contribution in [0.15, 0.2) is 55.3 Å². The van der Waals surface area contributed by atoms with Crippen molar-refractivity contribution in [3.8, 4) is 5.75 Å². The number of nitrogens with one attached hydrogen (secondary N) is 2. The first-order valence-corrected chi connectivity index (χ1v) is 6.97. The third kappa shape index (κ3) is 4.94. The zero-order valence-electron chi connectivity index (χ0n) is 12.5. The van der Waals surface area contributed by atoms with Crippen LogP contribution in [0.4, 0.5) is 11.5 Å². The van der Waals surface area contributed by atoms with Crippen molar-refractivity contribution in [1.82, 2.24) is 4.98 Å². The molecule has 2 rings (SSSR count). The zero-order valence-corrected chi connectivity index (χ0v) is 12.5. The zero-order chi connectivity index (χ0) is 15.8. The van der Waals surface area contributed by atoms with Crippen molar-refractivity contribution in [2.24, 2.45) is 0 Å². The molecule has 0 atom stereocenters. The Bertz CT molecular complexity index is 621. The number of aromatic nitrogens is 1. The molecular weight excluding hydrogens is 278 g/mol. The molecule has 1 heterocycles. The number of nitrogens with zero attached hydrogens (tertiary/aromatic N) is 1. The first-order valence-electron chi connectivity index (χ1n) is 6.97. The van der Waals surface area contributed by atoms with Gasteiger partial charge in [-0.05, 0) is 31.2 Å². The maximum absolute atomic E-state index is 11.8. The number of anilines is 2. The highest BCUT2D eigenvalue weighted by Crippen LogP contribution is 2.12. The van der Waals surface area contributed by atoms with Crippen LogP contribution >= 0.6 is 0 Å². The summed E-state index contributed by atoms with van der Waals surface area (Å²) in [6.07, 6.45) is 3.41. The van der Waals surface area contributed by atoms with Crippen LogP contribution in [0.2, 0.25) is 0 Å². The maximum Gasteiger partial charge on any atom is 0.263 e. The van der Waals surface area contributed by atoms with Crippen molar-refractivity contribution >= 4 is 17.4 Å². The Labute approximate surface area is 130 Å². The average molecular weight is 297 g/mol. The number of carbonyl (C=O) groups is 1. The first-order chi connectivity index (χ1) is 10.7. The Morgan fingerprint density at radius 2 is 2.05 bits per heavy atom. The van der Waals surface area contributed by atoms with Gasteiger partial charge in [-0.15, -0.1) is 6.58 Å². The van der Waals surface area contributed by atoms with E-state index in [9.17, 15) is 4.79 Å². The highest BCUT2D eigenvalue weighted by molar-refractivity contribution is 5.91. The number of pyridine rings is 1. The molecule has 0 aliphatic carbocycles. The van der Waals surface area contributed by atoms with Crippen LogP contribution in [0.5, 0.6) is 5.75 Å². The fraction of sp³-hybridized carbons (Fsp3) is 0.176. The number of hydrogen-bond donors (Lipinski definition) is 2. The van der Waals surface area contributed by atoms with Crippen molar-refractivity contribution in [3.05, 3.63) is 60.8 Å². The standard InChI is InChI=1S/C17H19N3O2/c1-3-10-18-14-6-9-16(19-11-14)20-17(21)12-22-15-7-4-13(2)5-8-15/h3-9,11,18H,1,10,12H2,2H3,(H,19,20,21). The number of aryl methyl sites for hydroxylation is 1. The molecule has 22 heavy (non-hydrogen) atoms. The molecule has 2 aromatic rings. The smallest absolute Gasteiger partial charge is 0.263 e. The van der Waals surface area contributed by atoms with Crippen molar-refractivity contribution in [1.29, 1.82) is 0 Å². The summed E-state index contributed by atoms with van der Waals surface area (Å²) in [6.45, 7) is 6.23. The monoisotopic (exact) mass is 297 g/mol. The number of rotatable bonds is 7. The molecule has 2 N–H and O–H groups in total. The van der Waals surface area contributed by atoms with E-state index in [0.29, 0.717) is 18.1 Å². The van der Waals surface area contributed by atoms with E-state index in [4.69, 9.17) is 4.74 Å². The van der Waals surface area contributed by atoms with Gasteiger partial charge in [0.15, 0.2) is 6.61 Å². The lowest BCUT2D eigenvalue weighted by Gasteiger charge is -2.08. The van der Waals surface area contributed by atoms with Gasteiger partial charge < -0.3 is 15.4 Å². The van der Waals surface area contributed by atoms with Crippen LogP contribution < -0.4 is 15.4 Å². The minimum Gasteiger partial charge on any atom is -0.484 e. The van der Waals surface area contributed by atoms with Crippen LogP contribution in [-0.2, 0) is 4.79 Å². The SMILES string of the molecule is C=CCNc1ccc(NC(=O)COc2ccc(C)cc2)nc1. The van der Waals surface area contributed by atoms with Gasteiger partial charge in [-0.2, -0.15) is 0 Å². The fourth-order valence-electron chi connectivity index (χ4n) is 1.72. The van der Waals surface area contributed by atoms with Gasteiger partial charge in [0.1, 0.15) is 11.6 Å². The normalized spacial score (nSPS) is 9.86. The van der Waals surface area contributed by atoms with Crippen LogP contribution in [-0.4, -0.2) is 24.0 Å². The molecule has 0 saturated heterocycles. The number of carbonyl (C=O) groups excluding carboxylic acids is 1. The lowest BCUT2D eigenvalue weighted by atomic mass is 10.2. The van der Waals surface area contributed by atoms with Crippen LogP contribution in [0.25, 0.3) is 0 Å². The second kappa shape index (κ2) is 7.83. The van der Waals surface area contributed by atoms with Gasteiger partial charge in [-0.25, -0.2) is 4.98 Å². The molecule has 1 aromatic carbocycles. The highest BCUT2D eigenvalue weighted by Gasteiger charge is 2.04. The lowest BCUT2D eigenvalue weighted by Crippen LogP contribution is -2.20. The topological polar surface area (TPSA) is 63.2 Å². The van der Waals surface area contributed by atoms with E-state index in [2.05, 4.69) is 22.2 Å². The molecule has 0 spiro atoms. The fourth-order valence-corrected chi connectivity index (χ4v) is 1.72. The molecule has 0 aliphatic rings. The summed E-state index contributed by atoms with van der Waals surface area (Å²) in [6, 6.07) is 11.1. The Kier molecular flexibility index (Phi) is 5.54. The number of hydrogen-bond acceptors (Lipinski definition) is 4. The summed E-state index contributed by atoms with van der Waals surface area (Å²) in [5, 5.41) is 5.79. The van der Waals surface area contributed by atoms with Gasteiger partial charge in [0.25, 0.3) is 5.91 Å². The molecule has 5 nitrogen and oxygen atoms in total. The van der Waals surface area contributed by atoms with Gasteiger partial charge in [0.2, 0.25) is 0 Å². The summed E-state index contributed by atoms with van der Waals surface area (Å²) in [7, 11) is 0. The second-order valence-corrected chi connectivity index (χ2v) is 4.75. The van der Waals surface area contributed by atoms with Crippen LogP contribution in [0.1, 0.15) is 5.56 Å². The van der Waals surface area contributed by atoms with E-state index in [1.54, 1.807) is 18.3 Å². The predicted molar refractivity (Wildman–Crippen MR) is 88.2 cm³/mol. The molecule has 1 aromatic heterocycles. The Balaban J connectivity index is 1.81. The van der Waals surface area contributed by atoms with Crippen molar-refractivity contribution in [2.75, 3.05) is 23.8 Å². The van der Waals surface area contributed by atoms with E-state index in [0.717, 1.165) is 11.3 Å². The van der Waals surface area contributed by atoms with Crippen molar-refractivity contribution in [3.63, 3.8) is 0 Å². The largest absolute Gasteiger partial charge is 0.484 e. The summed E-state index contributed by atoms with van der Waals surface area (Å²) in [4.78, 5) is 16.0. The Morgan fingerprint density at radius 3 is 2.68 bits per heavy atom. The maximum atomic E-state index is 11.8. The summed E-state index contributed by atoms with van der Waals surface area (Å²) >= 11 is 0. The van der Waals surface area contributed by atoms with Gasteiger partial charge in [0.05, 0.1) is 11.9 Å². The van der Waals surface area contributed by atoms with Gasteiger partial charge >= 0.3 is 0 Å². The summed E-state index contributed by atoms with van der Waals surface area (Å²) in [5.41, 5.74) is 2.01. The predicted octanol–water partition coefficient (Wildman–Crippen LogP) is 3.01. The molecule has 0 bridgehead atoms. The molecule has 0 unspecified atom stereocenters. The molecule has 0 saturated carbocycles. The Morgan fingerprint density at radius 1 is 1.27 bits per heavy atom. The summed E-state index contributed by atoms with van der Waals surface area (Å²) < 4.78 is 5.41. The van der Waals surface area contributed by atoms with E-state index < -0.39 is 0 Å². The molecular formula is C17H19N3O2. The Hall–Kier alpha value is -2.82. The second-order valence-electron chi connectivity index (χ2n) is 4.75. The highest BCUT2D eigenvalue weighted by atomic mass is 16.5. The molecule has 0 aliphatic heterocycles. The van der Waals surface area contributed by atoms with Gasteiger partial charge in [0, 0.05) is 6.54 Å². The quantitative estimate of drug-likeness (QED) is 0.771. The van der Waals surface area contributed by atoms with Crippen molar-refractivity contribution in [2.45, 2.75) is 6.92 Å². The van der Waals surface area contributed by atoms with E-state index in [1.165, 1.54) is 0 Å². The van der Waals surface area contributed by atoms with Gasteiger partial charge in [-0.3, -0.25) is 4.79 Å². The average Bonchev–Trinajstić information content (AvgIpc) is 2.54. The number of benzene rings is 1. The third-order valence-electron chi connectivity index (χ3n) is 2.87. The first kappa shape index (κ1) is 15.6. The number of ether oxygens (including phenoxy) is 1. The molecule has 0 fully saturated rings. The van der Waals surface area contributed by atoms with E-state index in [-0.39, 0.29) is 12.5 Å². The lowest BCUT2D eigenvalue weighted by molar-refractivity contribution is -0.118. The van der Waals surface area contributed by atoms with E-state index in [1.807, 2.05) is 37.3 Å². The van der Waals surface area contributed by atoms with Gasteiger partial charge in [-0.1, -0.05) is 23.8 Å². The molecule has 0 radical (unpaired) electrons. The minimum absolute atomic E-state index is 0.0544. The number of amides is 1. The van der Waals surface area contributed by atoms with Crippen LogP contribution in [0, 0.1) is 6.92 Å². The third-order valence-corrected chi connectivity index (χ3v) is 2.87.